The van der Waals surface area contributed by atoms with Gasteiger partial charge in [-0.25, -0.2) is 0 Å². The summed E-state index contributed by atoms with van der Waals surface area (Å²) in [7, 11) is 0. The average Bonchev–Trinajstić information content (AvgIpc) is 2.94. The Hall–Kier alpha value is -1.32. The van der Waals surface area contributed by atoms with E-state index in [2.05, 4.69) is 16.8 Å². The molecule has 100 valence electrons. The molecule has 3 heteroatoms. The standard InChI is InChI=1S/C16H19NOS/c1-2-5-13(6-3-1)18-11-10-17-15-7-4-8-16-14(15)9-12-19-16/h1-3,5-6,9,12,15,17H,4,7-8,10-11H2. The van der Waals surface area contributed by atoms with Gasteiger partial charge in [0.05, 0.1) is 0 Å². The number of hydrogen-bond donors (Lipinski definition) is 1. The van der Waals surface area contributed by atoms with Crippen LogP contribution in [0.5, 0.6) is 5.75 Å². The van der Waals surface area contributed by atoms with Crippen LogP contribution < -0.4 is 10.1 Å². The topological polar surface area (TPSA) is 21.3 Å². The fourth-order valence-corrected chi connectivity index (χ4v) is 3.60. The molecule has 0 bridgehead atoms. The summed E-state index contributed by atoms with van der Waals surface area (Å²) >= 11 is 1.89. The van der Waals surface area contributed by atoms with Crippen LogP contribution in [0.25, 0.3) is 0 Å². The minimum absolute atomic E-state index is 0.523. The summed E-state index contributed by atoms with van der Waals surface area (Å²) in [4.78, 5) is 1.56. The maximum absolute atomic E-state index is 5.71. The summed E-state index contributed by atoms with van der Waals surface area (Å²) in [6.07, 6.45) is 3.80. The molecule has 0 amide bonds. The number of aryl methyl sites for hydroxylation is 1. The van der Waals surface area contributed by atoms with E-state index in [1.54, 1.807) is 4.88 Å². The van der Waals surface area contributed by atoms with Crippen LogP contribution in [0.4, 0.5) is 0 Å². The highest BCUT2D eigenvalue weighted by atomic mass is 32.1. The molecule has 0 spiro atoms. The van der Waals surface area contributed by atoms with Crippen molar-refractivity contribution in [3.8, 4) is 5.75 Å². The van der Waals surface area contributed by atoms with E-state index in [4.69, 9.17) is 4.74 Å². The van der Waals surface area contributed by atoms with Gasteiger partial charge in [-0.15, -0.1) is 11.3 Å². The van der Waals surface area contributed by atoms with Crippen LogP contribution in [-0.2, 0) is 6.42 Å². The number of thiophene rings is 1. The lowest BCUT2D eigenvalue weighted by Gasteiger charge is -2.23. The van der Waals surface area contributed by atoms with Crippen molar-refractivity contribution in [1.29, 1.82) is 0 Å². The van der Waals surface area contributed by atoms with Gasteiger partial charge in [0, 0.05) is 17.5 Å². The average molecular weight is 273 g/mol. The van der Waals surface area contributed by atoms with Crippen LogP contribution in [0.1, 0.15) is 29.3 Å². The Bertz CT molecular complexity index is 508. The molecule has 2 aromatic rings. The summed E-state index contributed by atoms with van der Waals surface area (Å²) in [6.45, 7) is 1.62. The van der Waals surface area contributed by atoms with E-state index in [9.17, 15) is 0 Å². The fraction of sp³-hybridized carbons (Fsp3) is 0.375. The van der Waals surface area contributed by atoms with Crippen LogP contribution in [0.2, 0.25) is 0 Å². The first-order chi connectivity index (χ1) is 9.43. The molecule has 1 unspecified atom stereocenters. The Morgan fingerprint density at radius 1 is 1.21 bits per heavy atom. The summed E-state index contributed by atoms with van der Waals surface area (Å²) < 4.78 is 5.71. The number of para-hydroxylation sites is 1. The zero-order valence-electron chi connectivity index (χ0n) is 11.0. The Labute approximate surface area is 118 Å². The van der Waals surface area contributed by atoms with Gasteiger partial charge in [-0.05, 0) is 48.4 Å². The number of benzene rings is 1. The molecule has 1 aromatic heterocycles. The molecule has 3 rings (SSSR count). The van der Waals surface area contributed by atoms with E-state index in [-0.39, 0.29) is 0 Å². The molecule has 1 N–H and O–H groups in total. The van der Waals surface area contributed by atoms with Crippen LogP contribution in [-0.4, -0.2) is 13.2 Å². The molecule has 0 saturated carbocycles. The van der Waals surface area contributed by atoms with Gasteiger partial charge in [0.2, 0.25) is 0 Å². The Morgan fingerprint density at radius 3 is 3.00 bits per heavy atom. The highest BCUT2D eigenvalue weighted by molar-refractivity contribution is 7.10. The quantitative estimate of drug-likeness (QED) is 0.837. The van der Waals surface area contributed by atoms with Crippen LogP contribution in [0.3, 0.4) is 0 Å². The highest BCUT2D eigenvalue weighted by Gasteiger charge is 2.20. The second kappa shape index (κ2) is 6.22. The molecule has 1 aliphatic rings. The molecule has 1 atom stereocenters. The number of nitrogens with one attached hydrogen (secondary N) is 1. The third-order valence-corrected chi connectivity index (χ3v) is 4.55. The van der Waals surface area contributed by atoms with E-state index in [0.717, 1.165) is 18.9 Å². The lowest BCUT2D eigenvalue weighted by molar-refractivity contribution is 0.301. The van der Waals surface area contributed by atoms with Crippen molar-refractivity contribution in [3.05, 3.63) is 52.2 Å². The smallest absolute Gasteiger partial charge is 0.119 e. The molecule has 0 aliphatic heterocycles. The van der Waals surface area contributed by atoms with Crippen LogP contribution in [0.15, 0.2) is 41.8 Å². The third kappa shape index (κ3) is 3.17. The van der Waals surface area contributed by atoms with Gasteiger partial charge in [0.1, 0.15) is 12.4 Å². The van der Waals surface area contributed by atoms with E-state index >= 15 is 0 Å². The summed E-state index contributed by atoms with van der Waals surface area (Å²) in [5.41, 5.74) is 1.51. The first-order valence-corrected chi connectivity index (χ1v) is 7.79. The van der Waals surface area contributed by atoms with Gasteiger partial charge in [0.25, 0.3) is 0 Å². The van der Waals surface area contributed by atoms with E-state index in [1.807, 2.05) is 41.7 Å². The molecule has 19 heavy (non-hydrogen) atoms. The van der Waals surface area contributed by atoms with Crippen molar-refractivity contribution in [2.75, 3.05) is 13.2 Å². The summed E-state index contributed by atoms with van der Waals surface area (Å²) in [5.74, 6) is 0.948. The number of fused-ring (bicyclic) bond motifs is 1. The molecule has 0 saturated heterocycles. The Kier molecular flexibility index (Phi) is 4.16. The number of rotatable bonds is 5. The van der Waals surface area contributed by atoms with Crippen molar-refractivity contribution in [2.24, 2.45) is 0 Å². The Balaban J connectivity index is 1.46. The monoisotopic (exact) mass is 273 g/mol. The van der Waals surface area contributed by atoms with Crippen molar-refractivity contribution in [3.63, 3.8) is 0 Å². The molecular weight excluding hydrogens is 254 g/mol. The minimum atomic E-state index is 0.523. The van der Waals surface area contributed by atoms with E-state index in [1.165, 1.54) is 24.8 Å². The number of ether oxygens (including phenoxy) is 1. The first-order valence-electron chi connectivity index (χ1n) is 6.91. The van der Waals surface area contributed by atoms with Gasteiger partial charge in [-0.1, -0.05) is 18.2 Å². The zero-order valence-corrected chi connectivity index (χ0v) is 11.8. The molecule has 0 radical (unpaired) electrons. The predicted octanol–water partition coefficient (Wildman–Crippen LogP) is 3.79. The van der Waals surface area contributed by atoms with Gasteiger partial charge in [-0.3, -0.25) is 0 Å². The van der Waals surface area contributed by atoms with Gasteiger partial charge in [-0.2, -0.15) is 0 Å². The second-order valence-corrected chi connectivity index (χ2v) is 5.86. The third-order valence-electron chi connectivity index (χ3n) is 3.56. The normalized spacial score (nSPS) is 18.0. The predicted molar refractivity (Wildman–Crippen MR) is 79.9 cm³/mol. The van der Waals surface area contributed by atoms with Crippen molar-refractivity contribution < 1.29 is 4.74 Å². The first kappa shape index (κ1) is 12.7. The minimum Gasteiger partial charge on any atom is -0.492 e. The van der Waals surface area contributed by atoms with Crippen LogP contribution >= 0.6 is 11.3 Å². The maximum atomic E-state index is 5.71. The molecule has 2 nitrogen and oxygen atoms in total. The summed E-state index contributed by atoms with van der Waals surface area (Å²) in [6, 6.07) is 12.8. The van der Waals surface area contributed by atoms with E-state index in [0.29, 0.717) is 6.04 Å². The molecule has 0 fully saturated rings. The fourth-order valence-electron chi connectivity index (χ4n) is 2.62. The Morgan fingerprint density at radius 2 is 2.11 bits per heavy atom. The largest absolute Gasteiger partial charge is 0.492 e. The van der Waals surface area contributed by atoms with E-state index < -0.39 is 0 Å². The zero-order chi connectivity index (χ0) is 12.9. The van der Waals surface area contributed by atoms with Gasteiger partial charge >= 0.3 is 0 Å². The molecular formula is C16H19NOS. The number of hydrogen-bond acceptors (Lipinski definition) is 3. The van der Waals surface area contributed by atoms with Crippen molar-refractivity contribution in [2.45, 2.75) is 25.3 Å². The van der Waals surface area contributed by atoms with Crippen molar-refractivity contribution in [1.82, 2.24) is 5.32 Å². The van der Waals surface area contributed by atoms with Crippen LogP contribution in [0, 0.1) is 0 Å². The molecule has 1 heterocycles. The summed E-state index contributed by atoms with van der Waals surface area (Å²) in [5, 5.41) is 5.83. The highest BCUT2D eigenvalue weighted by Crippen LogP contribution is 2.32. The maximum Gasteiger partial charge on any atom is 0.119 e. The lowest BCUT2D eigenvalue weighted by Crippen LogP contribution is -2.28. The molecule has 1 aromatic carbocycles. The lowest BCUT2D eigenvalue weighted by atomic mass is 9.94. The SMILES string of the molecule is c1ccc(OCCNC2CCCc3sccc32)cc1. The van der Waals surface area contributed by atoms with Gasteiger partial charge in [0.15, 0.2) is 0 Å². The molecule has 1 aliphatic carbocycles. The van der Waals surface area contributed by atoms with Gasteiger partial charge < -0.3 is 10.1 Å². The second-order valence-electron chi connectivity index (χ2n) is 4.86. The van der Waals surface area contributed by atoms with Crippen molar-refractivity contribution >= 4 is 11.3 Å².